The molecule has 0 amide bonds. The number of aliphatic hydroxyl groups excluding tert-OH is 2. The average Bonchev–Trinajstić information content (AvgIpc) is 3.38. The number of ether oxygens (including phenoxy) is 3. The van der Waals surface area contributed by atoms with E-state index in [0.717, 1.165) is 32.0 Å². The molecule has 0 aromatic heterocycles. The summed E-state index contributed by atoms with van der Waals surface area (Å²) >= 11 is 0. The maximum absolute atomic E-state index is 13.5. The van der Waals surface area contributed by atoms with Crippen molar-refractivity contribution in [3.05, 3.63) is 0 Å². The first-order chi connectivity index (χ1) is 16.5. The predicted molar refractivity (Wildman–Crippen MR) is 125 cm³/mol. The van der Waals surface area contributed by atoms with Crippen molar-refractivity contribution in [3.63, 3.8) is 0 Å². The fraction of sp³-hybridized carbons (Fsp3) is 0.926. The number of hydrogen-bond donors (Lipinski definition) is 3. The number of carbonyl (C=O) groups excluding carboxylic acids is 1. The van der Waals surface area contributed by atoms with Crippen molar-refractivity contribution in [3.8, 4) is 0 Å². The molecule has 1 aliphatic heterocycles. The molecule has 5 fully saturated rings. The highest BCUT2D eigenvalue weighted by atomic mass is 16.7. The maximum atomic E-state index is 13.5. The molecule has 5 aliphatic rings. The second-order valence-electron chi connectivity index (χ2n) is 12.6. The van der Waals surface area contributed by atoms with Crippen LogP contribution in [0.25, 0.3) is 0 Å². The number of aldehydes is 1. The van der Waals surface area contributed by atoms with Crippen LogP contribution in [0.2, 0.25) is 0 Å². The van der Waals surface area contributed by atoms with Crippen LogP contribution in [0.1, 0.15) is 59.8 Å². The topological polar surface area (TPSA) is 123 Å². The summed E-state index contributed by atoms with van der Waals surface area (Å²) in [6.07, 6.45) is 0.273. The lowest BCUT2D eigenvalue weighted by Gasteiger charge is -2.59. The Bertz CT molecular complexity index is 862. The number of carboxylic acid groups (broad SMARTS) is 1. The van der Waals surface area contributed by atoms with Gasteiger partial charge in [0.05, 0.1) is 18.1 Å². The Balaban J connectivity index is 1.56. The number of hydrogen-bond acceptors (Lipinski definition) is 7. The summed E-state index contributed by atoms with van der Waals surface area (Å²) < 4.78 is 17.5. The van der Waals surface area contributed by atoms with Gasteiger partial charge in [0, 0.05) is 17.9 Å². The fourth-order valence-electron chi connectivity index (χ4n) is 10.1. The first-order valence-electron chi connectivity index (χ1n) is 13.4. The highest BCUT2D eigenvalue weighted by Gasteiger charge is 2.86. The molecule has 13 atom stereocenters. The van der Waals surface area contributed by atoms with Gasteiger partial charge in [-0.3, -0.25) is 4.79 Å². The van der Waals surface area contributed by atoms with Crippen molar-refractivity contribution in [1.82, 2.24) is 0 Å². The molecule has 4 saturated carbocycles. The minimum absolute atomic E-state index is 0.0591. The molecule has 0 aromatic rings. The Morgan fingerprint density at radius 3 is 2.49 bits per heavy atom. The van der Waals surface area contributed by atoms with Gasteiger partial charge in [0.15, 0.2) is 6.29 Å². The fourth-order valence-corrected chi connectivity index (χ4v) is 10.1. The molecule has 8 heteroatoms. The Hall–Kier alpha value is -1.06. The smallest absolute Gasteiger partial charge is 0.311 e. The summed E-state index contributed by atoms with van der Waals surface area (Å²) in [6, 6.07) is 0. The molecule has 3 N–H and O–H groups in total. The lowest BCUT2D eigenvalue weighted by molar-refractivity contribution is -0.308. The van der Waals surface area contributed by atoms with E-state index in [9.17, 15) is 24.9 Å². The Kier molecular flexibility index (Phi) is 6.20. The largest absolute Gasteiger partial charge is 0.481 e. The first-order valence-corrected chi connectivity index (χ1v) is 13.4. The molecule has 198 valence electrons. The third-order valence-corrected chi connectivity index (χ3v) is 11.3. The van der Waals surface area contributed by atoms with Crippen LogP contribution in [-0.2, 0) is 23.8 Å². The van der Waals surface area contributed by atoms with Gasteiger partial charge >= 0.3 is 5.97 Å². The molecule has 4 aliphatic carbocycles. The van der Waals surface area contributed by atoms with Crippen molar-refractivity contribution < 1.29 is 39.1 Å². The quantitative estimate of drug-likeness (QED) is 0.462. The van der Waals surface area contributed by atoms with E-state index >= 15 is 0 Å². The van der Waals surface area contributed by atoms with Crippen LogP contribution in [0.3, 0.4) is 0 Å². The summed E-state index contributed by atoms with van der Waals surface area (Å²) in [5, 5.41) is 32.4. The van der Waals surface area contributed by atoms with Crippen molar-refractivity contribution in [2.45, 2.75) is 90.5 Å². The van der Waals surface area contributed by atoms with Crippen LogP contribution in [-0.4, -0.2) is 72.0 Å². The summed E-state index contributed by atoms with van der Waals surface area (Å²) in [5.74, 6) is -0.0130. The van der Waals surface area contributed by atoms with E-state index in [2.05, 4.69) is 20.8 Å². The van der Waals surface area contributed by atoms with Crippen molar-refractivity contribution in [1.29, 1.82) is 0 Å². The van der Waals surface area contributed by atoms with E-state index in [-0.39, 0.29) is 36.2 Å². The van der Waals surface area contributed by atoms with Crippen molar-refractivity contribution >= 4 is 12.3 Å². The monoisotopic (exact) mass is 494 g/mol. The molecule has 1 saturated heterocycles. The van der Waals surface area contributed by atoms with Gasteiger partial charge in [-0.1, -0.05) is 27.2 Å². The van der Waals surface area contributed by atoms with Gasteiger partial charge in [0.1, 0.15) is 24.6 Å². The van der Waals surface area contributed by atoms with Gasteiger partial charge in [0.25, 0.3) is 0 Å². The molecule has 8 nitrogen and oxygen atoms in total. The Morgan fingerprint density at radius 2 is 1.89 bits per heavy atom. The molecule has 4 bridgehead atoms. The predicted octanol–water partition coefficient (Wildman–Crippen LogP) is 2.49. The van der Waals surface area contributed by atoms with E-state index in [1.165, 1.54) is 7.11 Å². The first kappa shape index (κ1) is 25.6. The number of carbonyl (C=O) groups is 2. The van der Waals surface area contributed by atoms with Crippen LogP contribution in [0, 0.1) is 51.8 Å². The van der Waals surface area contributed by atoms with E-state index in [1.807, 2.05) is 0 Å². The summed E-state index contributed by atoms with van der Waals surface area (Å²) in [7, 11) is 1.46. The number of aliphatic hydroxyl groups is 2. The number of carboxylic acids is 1. The zero-order valence-electron chi connectivity index (χ0n) is 21.6. The standard InChI is InChI=1S/C27H42O8/c1-13(2)19-8-16-9-25(11-28)18-7-6-14(3)17(18)10-26(16,27(19,25)24(31)32)12-34-23-21(30)20(29)22(33-5)15(4)35-23/h11,13-23,29-30H,6-10,12H2,1-5H3,(H,31,32)/t14-,15-,16+,17-,18-,19?,20+,21+,22-,23-,25+,26+,27+/m1/s1. The van der Waals surface area contributed by atoms with E-state index in [0.29, 0.717) is 12.3 Å². The van der Waals surface area contributed by atoms with Crippen molar-refractivity contribution in [2.75, 3.05) is 13.7 Å². The Labute approximate surface area is 207 Å². The number of methoxy groups -OCH3 is 1. The SMILES string of the molecule is CO[C@H]1[C@@H](O)[C@H](O)[C@H](OC[C@@]23C[C@@H]4[C@H](C)CC[C@H]4[C@@]4(C=O)C[C@@H]2CC(C(C)C)[C@@]34C(=O)O)O[C@@H]1C. The third-order valence-electron chi connectivity index (χ3n) is 11.3. The highest BCUT2D eigenvalue weighted by Crippen LogP contribution is 2.84. The molecule has 0 spiro atoms. The lowest BCUT2D eigenvalue weighted by atomic mass is 9.42. The van der Waals surface area contributed by atoms with Crippen LogP contribution in [0.15, 0.2) is 0 Å². The minimum atomic E-state index is -1.31. The van der Waals surface area contributed by atoms with Crippen LogP contribution in [0.5, 0.6) is 0 Å². The summed E-state index contributed by atoms with van der Waals surface area (Å²) in [4.78, 5) is 26.6. The summed E-state index contributed by atoms with van der Waals surface area (Å²) in [6.45, 7) is 8.23. The van der Waals surface area contributed by atoms with Gasteiger partial charge in [-0.15, -0.1) is 0 Å². The zero-order valence-corrected chi connectivity index (χ0v) is 21.6. The second kappa shape index (κ2) is 8.48. The van der Waals surface area contributed by atoms with Gasteiger partial charge in [0.2, 0.25) is 0 Å². The van der Waals surface area contributed by atoms with Crippen LogP contribution in [0.4, 0.5) is 0 Å². The number of rotatable bonds is 7. The minimum Gasteiger partial charge on any atom is -0.481 e. The maximum Gasteiger partial charge on any atom is 0.311 e. The number of fused-ring (bicyclic) bond motifs is 2. The zero-order chi connectivity index (χ0) is 25.5. The van der Waals surface area contributed by atoms with Crippen LogP contribution < -0.4 is 0 Å². The molecule has 35 heavy (non-hydrogen) atoms. The molecule has 0 radical (unpaired) electrons. The molecule has 1 heterocycles. The highest BCUT2D eigenvalue weighted by molar-refractivity contribution is 5.86. The van der Waals surface area contributed by atoms with E-state index < -0.39 is 52.9 Å². The lowest BCUT2D eigenvalue weighted by Crippen LogP contribution is -2.65. The van der Waals surface area contributed by atoms with Crippen molar-refractivity contribution in [2.24, 2.45) is 51.8 Å². The van der Waals surface area contributed by atoms with Gasteiger partial charge in [-0.2, -0.15) is 0 Å². The molecule has 5 rings (SSSR count). The Morgan fingerprint density at radius 1 is 1.17 bits per heavy atom. The summed E-state index contributed by atoms with van der Waals surface area (Å²) in [5.41, 5.74) is -2.82. The van der Waals surface area contributed by atoms with E-state index in [1.54, 1.807) is 6.92 Å². The van der Waals surface area contributed by atoms with Crippen LogP contribution >= 0.6 is 0 Å². The van der Waals surface area contributed by atoms with E-state index in [4.69, 9.17) is 14.2 Å². The average molecular weight is 495 g/mol. The molecular weight excluding hydrogens is 452 g/mol. The molecule has 0 aromatic carbocycles. The molecule has 1 unspecified atom stereocenters. The third kappa shape index (κ3) is 2.98. The van der Waals surface area contributed by atoms with Gasteiger partial charge in [-0.25, -0.2) is 0 Å². The second-order valence-corrected chi connectivity index (χ2v) is 12.6. The van der Waals surface area contributed by atoms with Gasteiger partial charge < -0.3 is 34.3 Å². The normalized spacial score (nSPS) is 54.7. The molecular formula is C27H42O8. The number of aliphatic carboxylic acids is 1. The van der Waals surface area contributed by atoms with Gasteiger partial charge in [-0.05, 0) is 68.1 Å².